The highest BCUT2D eigenvalue weighted by atomic mass is 28.3. The molecule has 0 radical (unpaired) electrons. The molecule has 1 aromatic carbocycles. The van der Waals surface area contributed by atoms with Gasteiger partial charge >= 0.3 is 7.12 Å². The van der Waals surface area contributed by atoms with E-state index in [1.54, 1.807) is 0 Å². The Bertz CT molecular complexity index is 461. The zero-order chi connectivity index (χ0) is 14.5. The lowest BCUT2D eigenvalue weighted by atomic mass is 9.79. The van der Waals surface area contributed by atoms with E-state index >= 15 is 0 Å². The Morgan fingerprint density at radius 2 is 1.47 bits per heavy atom. The van der Waals surface area contributed by atoms with Crippen molar-refractivity contribution in [2.45, 2.75) is 58.5 Å². The molecule has 1 aliphatic rings. The first-order chi connectivity index (χ1) is 8.53. The molecular weight excluding hydrogens is 251 g/mol. The average Bonchev–Trinajstić information content (AvgIpc) is 2.47. The van der Waals surface area contributed by atoms with E-state index in [0.29, 0.717) is 0 Å². The zero-order valence-corrected chi connectivity index (χ0v) is 14.2. The Hall–Kier alpha value is -0.578. The van der Waals surface area contributed by atoms with Gasteiger partial charge < -0.3 is 9.31 Å². The van der Waals surface area contributed by atoms with Crippen molar-refractivity contribution in [3.8, 4) is 0 Å². The van der Waals surface area contributed by atoms with Gasteiger partial charge in [0.15, 0.2) is 0 Å². The first-order valence-corrected chi connectivity index (χ1v) is 10.5. The molecule has 1 saturated heterocycles. The Morgan fingerprint density at radius 1 is 0.947 bits per heavy atom. The molecule has 0 atom stereocenters. The third-order valence-corrected chi connectivity index (χ3v) is 6.32. The highest BCUT2D eigenvalue weighted by Crippen LogP contribution is 2.36. The summed E-state index contributed by atoms with van der Waals surface area (Å²) in [5.74, 6) is 0. The number of hydrogen-bond donors (Lipinski definition) is 0. The van der Waals surface area contributed by atoms with Gasteiger partial charge in [-0.25, -0.2) is 0 Å². The van der Waals surface area contributed by atoms with Crippen LogP contribution in [-0.2, 0) is 9.31 Å². The summed E-state index contributed by atoms with van der Waals surface area (Å²) in [5.41, 5.74) is 0.596. The average molecular weight is 276 g/mol. The molecule has 104 valence electrons. The molecule has 0 unspecified atom stereocenters. The van der Waals surface area contributed by atoms with Gasteiger partial charge in [-0.2, -0.15) is 0 Å². The summed E-state index contributed by atoms with van der Waals surface area (Å²) in [4.78, 5) is 0. The van der Waals surface area contributed by atoms with Gasteiger partial charge in [-0.05, 0) is 33.2 Å². The largest absolute Gasteiger partial charge is 0.494 e. The molecule has 4 heteroatoms. The van der Waals surface area contributed by atoms with E-state index in [2.05, 4.69) is 71.6 Å². The maximum atomic E-state index is 6.11. The smallest absolute Gasteiger partial charge is 0.399 e. The lowest BCUT2D eigenvalue weighted by Gasteiger charge is -2.32. The maximum absolute atomic E-state index is 6.11. The molecule has 1 aliphatic heterocycles. The summed E-state index contributed by atoms with van der Waals surface area (Å²) in [7, 11) is -1.55. The van der Waals surface area contributed by atoms with E-state index in [-0.39, 0.29) is 18.3 Å². The van der Waals surface area contributed by atoms with Crippen molar-refractivity contribution in [1.82, 2.24) is 0 Å². The first-order valence-electron chi connectivity index (χ1n) is 6.99. The van der Waals surface area contributed by atoms with Gasteiger partial charge in [-0.3, -0.25) is 0 Å². The molecular formula is C15H25BO2Si. The highest BCUT2D eigenvalue weighted by molar-refractivity contribution is 6.89. The van der Waals surface area contributed by atoms with Gasteiger partial charge in [0, 0.05) is 0 Å². The van der Waals surface area contributed by atoms with Crippen LogP contribution in [0.1, 0.15) is 27.7 Å². The molecule has 0 aromatic heterocycles. The summed E-state index contributed by atoms with van der Waals surface area (Å²) in [6, 6.07) is 8.70. The molecule has 0 amide bonds. The standard InChI is InChI=1S/C15H25BO2Si/c1-14(2)15(3,4)18-16(17-14)12-9-8-10-13(11-12)19(5,6)7/h8-11H,1-7H3. The van der Waals surface area contributed by atoms with Crippen LogP contribution >= 0.6 is 0 Å². The number of rotatable bonds is 2. The molecule has 19 heavy (non-hydrogen) atoms. The van der Waals surface area contributed by atoms with Gasteiger partial charge in [0.25, 0.3) is 0 Å². The lowest BCUT2D eigenvalue weighted by Crippen LogP contribution is -2.43. The predicted octanol–water partition coefficient (Wildman–Crippen LogP) is 2.53. The van der Waals surface area contributed by atoms with Crippen LogP contribution in [-0.4, -0.2) is 26.4 Å². The molecule has 0 N–H and O–H groups in total. The van der Waals surface area contributed by atoms with Crippen molar-refractivity contribution in [3.05, 3.63) is 24.3 Å². The SMILES string of the molecule is CC1(C)OB(c2cccc([Si](C)(C)C)c2)OC1(C)C. The van der Waals surface area contributed by atoms with Crippen LogP contribution in [0.5, 0.6) is 0 Å². The lowest BCUT2D eigenvalue weighted by molar-refractivity contribution is 0.00578. The van der Waals surface area contributed by atoms with Crippen molar-refractivity contribution in [3.63, 3.8) is 0 Å². The monoisotopic (exact) mass is 276 g/mol. The normalized spacial score (nSPS) is 21.7. The van der Waals surface area contributed by atoms with E-state index in [4.69, 9.17) is 9.31 Å². The molecule has 1 aromatic rings. The van der Waals surface area contributed by atoms with E-state index in [1.165, 1.54) is 5.19 Å². The second-order valence-corrected chi connectivity index (χ2v) is 12.5. The van der Waals surface area contributed by atoms with Crippen molar-refractivity contribution in [2.75, 3.05) is 0 Å². The fraction of sp³-hybridized carbons (Fsp3) is 0.600. The van der Waals surface area contributed by atoms with Crippen LogP contribution < -0.4 is 10.6 Å². The van der Waals surface area contributed by atoms with Crippen LogP contribution in [0, 0.1) is 0 Å². The molecule has 1 fully saturated rings. The second-order valence-electron chi connectivity index (χ2n) is 7.46. The third kappa shape index (κ3) is 2.81. The zero-order valence-electron chi connectivity index (χ0n) is 13.2. The van der Waals surface area contributed by atoms with Gasteiger partial charge in [-0.1, -0.05) is 49.1 Å². The van der Waals surface area contributed by atoms with E-state index < -0.39 is 8.07 Å². The van der Waals surface area contributed by atoms with Crippen molar-refractivity contribution in [1.29, 1.82) is 0 Å². The van der Waals surface area contributed by atoms with Crippen molar-refractivity contribution >= 4 is 25.8 Å². The van der Waals surface area contributed by atoms with Gasteiger partial charge in [0.05, 0.1) is 19.3 Å². The Balaban J connectivity index is 2.30. The number of hydrogen-bond acceptors (Lipinski definition) is 2. The van der Waals surface area contributed by atoms with Crippen molar-refractivity contribution < 1.29 is 9.31 Å². The number of benzene rings is 1. The Kier molecular flexibility index (Phi) is 3.49. The maximum Gasteiger partial charge on any atom is 0.494 e. The molecule has 2 rings (SSSR count). The van der Waals surface area contributed by atoms with Crippen LogP contribution in [0.3, 0.4) is 0 Å². The van der Waals surface area contributed by atoms with E-state index in [9.17, 15) is 0 Å². The van der Waals surface area contributed by atoms with Gasteiger partial charge in [0.2, 0.25) is 0 Å². The summed E-state index contributed by atoms with van der Waals surface area (Å²) in [6.07, 6.45) is 0. The summed E-state index contributed by atoms with van der Waals surface area (Å²) < 4.78 is 12.2. The minimum atomic E-state index is -1.30. The van der Waals surface area contributed by atoms with Crippen LogP contribution in [0.15, 0.2) is 24.3 Å². The molecule has 0 aliphatic carbocycles. The second kappa shape index (κ2) is 4.47. The third-order valence-electron chi connectivity index (χ3n) is 4.28. The molecule has 0 spiro atoms. The molecule has 2 nitrogen and oxygen atoms in total. The van der Waals surface area contributed by atoms with Gasteiger partial charge in [-0.15, -0.1) is 0 Å². The predicted molar refractivity (Wildman–Crippen MR) is 85.1 cm³/mol. The van der Waals surface area contributed by atoms with Gasteiger partial charge in [0.1, 0.15) is 0 Å². The molecule has 0 bridgehead atoms. The summed E-state index contributed by atoms with van der Waals surface area (Å²) in [6.45, 7) is 15.4. The van der Waals surface area contributed by atoms with E-state index in [1.807, 2.05) is 0 Å². The van der Waals surface area contributed by atoms with Crippen molar-refractivity contribution in [2.24, 2.45) is 0 Å². The summed E-state index contributed by atoms with van der Waals surface area (Å²) >= 11 is 0. The van der Waals surface area contributed by atoms with Crippen LogP contribution in [0.25, 0.3) is 0 Å². The summed E-state index contributed by atoms with van der Waals surface area (Å²) in [5, 5.41) is 1.44. The quantitative estimate of drug-likeness (QED) is 0.773. The van der Waals surface area contributed by atoms with E-state index in [0.717, 1.165) is 5.46 Å². The minimum Gasteiger partial charge on any atom is -0.399 e. The Morgan fingerprint density at radius 3 is 1.95 bits per heavy atom. The Labute approximate surface area is 118 Å². The fourth-order valence-corrected chi connectivity index (χ4v) is 3.33. The van der Waals surface area contributed by atoms with Crippen LogP contribution in [0.4, 0.5) is 0 Å². The topological polar surface area (TPSA) is 18.5 Å². The fourth-order valence-electron chi connectivity index (χ4n) is 2.13. The molecule has 0 saturated carbocycles. The first kappa shape index (κ1) is 14.8. The highest BCUT2D eigenvalue weighted by Gasteiger charge is 2.51. The van der Waals surface area contributed by atoms with Crippen LogP contribution in [0.2, 0.25) is 19.6 Å². The molecule has 1 heterocycles. The minimum absolute atomic E-state index is 0.249.